The van der Waals surface area contributed by atoms with E-state index in [0.29, 0.717) is 0 Å². The van der Waals surface area contributed by atoms with Gasteiger partial charge in [-0.3, -0.25) is 4.79 Å². The van der Waals surface area contributed by atoms with E-state index in [9.17, 15) is 13.6 Å². The van der Waals surface area contributed by atoms with Crippen LogP contribution in [-0.4, -0.2) is 11.6 Å². The molecule has 0 unspecified atom stereocenters. The van der Waals surface area contributed by atoms with E-state index in [1.165, 1.54) is 0 Å². The quantitative estimate of drug-likeness (QED) is 0.847. The van der Waals surface area contributed by atoms with Crippen LogP contribution in [-0.2, 0) is 9.53 Å². The Labute approximate surface area is 105 Å². The highest BCUT2D eigenvalue weighted by molar-refractivity contribution is 5.70. The first-order valence-corrected chi connectivity index (χ1v) is 5.61. The molecule has 1 rings (SSSR count). The molecule has 0 saturated carbocycles. The number of hydrogen-bond donors (Lipinski definition) is 1. The maximum atomic E-state index is 13.4. The molecule has 100 valence electrons. The Morgan fingerprint density at radius 3 is 2.56 bits per heavy atom. The minimum atomic E-state index is -0.921. The average Bonchev–Trinajstić information content (AvgIpc) is 2.18. The molecular formula is C13H17F2NO2. The molecule has 1 aromatic rings. The monoisotopic (exact) mass is 257 g/mol. The second-order valence-electron chi connectivity index (χ2n) is 5.06. The number of ether oxygens (including phenoxy) is 1. The van der Waals surface area contributed by atoms with Crippen LogP contribution in [0, 0.1) is 11.6 Å². The third kappa shape index (κ3) is 4.41. The van der Waals surface area contributed by atoms with Gasteiger partial charge in [-0.05, 0) is 39.0 Å². The zero-order chi connectivity index (χ0) is 13.9. The molecule has 5 heteroatoms. The van der Waals surface area contributed by atoms with Crippen LogP contribution in [0.4, 0.5) is 8.78 Å². The summed E-state index contributed by atoms with van der Waals surface area (Å²) in [5, 5.41) is 0. The summed E-state index contributed by atoms with van der Waals surface area (Å²) in [5.41, 5.74) is 5.02. The van der Waals surface area contributed by atoms with E-state index in [-0.39, 0.29) is 12.0 Å². The zero-order valence-corrected chi connectivity index (χ0v) is 10.7. The number of hydrogen-bond acceptors (Lipinski definition) is 3. The Morgan fingerprint density at radius 1 is 1.39 bits per heavy atom. The molecular weight excluding hydrogens is 240 g/mol. The van der Waals surface area contributed by atoms with Gasteiger partial charge in [-0.25, -0.2) is 8.78 Å². The van der Waals surface area contributed by atoms with E-state index in [0.717, 1.165) is 18.2 Å². The number of carbonyl (C=O) groups excluding carboxylic acids is 1. The first-order valence-electron chi connectivity index (χ1n) is 5.61. The predicted octanol–water partition coefficient (Wildman–Crippen LogP) is 2.70. The van der Waals surface area contributed by atoms with Gasteiger partial charge in [0.05, 0.1) is 6.42 Å². The van der Waals surface area contributed by atoms with Crippen molar-refractivity contribution in [3.63, 3.8) is 0 Å². The topological polar surface area (TPSA) is 52.3 Å². The van der Waals surface area contributed by atoms with Crippen molar-refractivity contribution in [3.05, 3.63) is 35.4 Å². The zero-order valence-electron chi connectivity index (χ0n) is 10.7. The van der Waals surface area contributed by atoms with E-state index in [1.807, 2.05) is 0 Å². The second-order valence-corrected chi connectivity index (χ2v) is 5.06. The number of nitrogens with two attached hydrogens (primary N) is 1. The lowest BCUT2D eigenvalue weighted by molar-refractivity contribution is -0.155. The molecule has 0 saturated heterocycles. The van der Waals surface area contributed by atoms with Crippen LogP contribution in [0.5, 0.6) is 0 Å². The molecule has 2 N–H and O–H groups in total. The molecule has 0 spiro atoms. The van der Waals surface area contributed by atoms with Crippen molar-refractivity contribution in [2.75, 3.05) is 0 Å². The van der Waals surface area contributed by atoms with Crippen LogP contribution in [0.25, 0.3) is 0 Å². The van der Waals surface area contributed by atoms with Gasteiger partial charge in [0.25, 0.3) is 0 Å². The Balaban J connectivity index is 2.73. The van der Waals surface area contributed by atoms with Gasteiger partial charge in [0.2, 0.25) is 0 Å². The number of halogens is 2. The lowest BCUT2D eigenvalue weighted by Crippen LogP contribution is -2.27. The Hall–Kier alpha value is -1.49. The van der Waals surface area contributed by atoms with Crippen molar-refractivity contribution in [2.45, 2.75) is 38.8 Å². The fraction of sp³-hybridized carbons (Fsp3) is 0.462. The van der Waals surface area contributed by atoms with E-state index in [4.69, 9.17) is 10.5 Å². The van der Waals surface area contributed by atoms with E-state index in [2.05, 4.69) is 0 Å². The lowest BCUT2D eigenvalue weighted by atomic mass is 10.0. The Kier molecular flexibility index (Phi) is 4.40. The van der Waals surface area contributed by atoms with Crippen molar-refractivity contribution in [1.29, 1.82) is 0 Å². The molecule has 0 heterocycles. The Bertz CT molecular complexity index is 441. The van der Waals surface area contributed by atoms with Crippen molar-refractivity contribution >= 4 is 5.97 Å². The SMILES string of the molecule is CC(C)(C)OC(=O)C[C@@H](N)c1cc(F)ccc1F. The Morgan fingerprint density at radius 2 is 2.00 bits per heavy atom. The molecule has 0 amide bonds. The molecule has 3 nitrogen and oxygen atoms in total. The maximum Gasteiger partial charge on any atom is 0.308 e. The van der Waals surface area contributed by atoms with Crippen molar-refractivity contribution in [3.8, 4) is 0 Å². The highest BCUT2D eigenvalue weighted by Crippen LogP contribution is 2.20. The lowest BCUT2D eigenvalue weighted by Gasteiger charge is -2.21. The molecule has 18 heavy (non-hydrogen) atoms. The summed E-state index contributed by atoms with van der Waals surface area (Å²) in [6.45, 7) is 5.16. The average molecular weight is 257 g/mol. The second kappa shape index (κ2) is 5.44. The molecule has 0 fully saturated rings. The van der Waals surface area contributed by atoms with Gasteiger partial charge in [0, 0.05) is 11.6 Å². The normalized spacial score (nSPS) is 13.2. The fourth-order valence-electron chi connectivity index (χ4n) is 1.47. The van der Waals surface area contributed by atoms with Crippen LogP contribution < -0.4 is 5.73 Å². The van der Waals surface area contributed by atoms with Crippen molar-refractivity contribution in [1.82, 2.24) is 0 Å². The van der Waals surface area contributed by atoms with Gasteiger partial charge in [-0.15, -0.1) is 0 Å². The molecule has 0 radical (unpaired) electrons. The van der Waals surface area contributed by atoms with Crippen molar-refractivity contribution < 1.29 is 18.3 Å². The van der Waals surface area contributed by atoms with E-state index >= 15 is 0 Å². The number of rotatable bonds is 3. The van der Waals surface area contributed by atoms with Gasteiger partial charge in [-0.2, -0.15) is 0 Å². The summed E-state index contributed by atoms with van der Waals surface area (Å²) in [6, 6.07) is 2.05. The van der Waals surface area contributed by atoms with Gasteiger partial charge in [0.1, 0.15) is 17.2 Å². The minimum Gasteiger partial charge on any atom is -0.460 e. The van der Waals surface area contributed by atoms with Crippen LogP contribution in [0.3, 0.4) is 0 Å². The maximum absolute atomic E-state index is 13.4. The standard InChI is InChI=1S/C13H17F2NO2/c1-13(2,3)18-12(17)7-11(16)9-6-8(14)4-5-10(9)15/h4-6,11H,7,16H2,1-3H3/t11-/m1/s1. The van der Waals surface area contributed by atoms with E-state index < -0.39 is 29.2 Å². The van der Waals surface area contributed by atoms with Crippen LogP contribution in [0.1, 0.15) is 38.8 Å². The fourth-order valence-corrected chi connectivity index (χ4v) is 1.47. The third-order valence-corrected chi connectivity index (χ3v) is 2.16. The largest absolute Gasteiger partial charge is 0.460 e. The summed E-state index contributed by atoms with van der Waals surface area (Å²) in [4.78, 5) is 11.5. The van der Waals surface area contributed by atoms with Gasteiger partial charge >= 0.3 is 5.97 Å². The summed E-state index contributed by atoms with van der Waals surface area (Å²) in [5.74, 6) is -1.77. The van der Waals surface area contributed by atoms with Gasteiger partial charge in [0.15, 0.2) is 0 Å². The molecule has 0 bridgehead atoms. The van der Waals surface area contributed by atoms with Crippen molar-refractivity contribution in [2.24, 2.45) is 5.73 Å². The minimum absolute atomic E-state index is 0.0270. The van der Waals surface area contributed by atoms with Crippen LogP contribution in [0.15, 0.2) is 18.2 Å². The molecule has 1 atom stereocenters. The predicted molar refractivity (Wildman–Crippen MR) is 63.7 cm³/mol. The highest BCUT2D eigenvalue weighted by atomic mass is 19.1. The number of benzene rings is 1. The van der Waals surface area contributed by atoms with Gasteiger partial charge < -0.3 is 10.5 Å². The van der Waals surface area contributed by atoms with Crippen LogP contribution in [0.2, 0.25) is 0 Å². The van der Waals surface area contributed by atoms with E-state index in [1.54, 1.807) is 20.8 Å². The first kappa shape index (κ1) is 14.6. The highest BCUT2D eigenvalue weighted by Gasteiger charge is 2.21. The summed E-state index contributed by atoms with van der Waals surface area (Å²) < 4.78 is 31.5. The summed E-state index contributed by atoms with van der Waals surface area (Å²) in [7, 11) is 0. The molecule has 0 aliphatic rings. The summed E-state index contributed by atoms with van der Waals surface area (Å²) >= 11 is 0. The van der Waals surface area contributed by atoms with Gasteiger partial charge in [-0.1, -0.05) is 0 Å². The number of carbonyl (C=O) groups is 1. The third-order valence-electron chi connectivity index (χ3n) is 2.16. The molecule has 1 aromatic carbocycles. The molecule has 0 aliphatic heterocycles. The number of esters is 1. The smallest absolute Gasteiger partial charge is 0.308 e. The molecule has 0 aliphatic carbocycles. The van der Waals surface area contributed by atoms with Crippen LogP contribution >= 0.6 is 0 Å². The molecule has 0 aromatic heterocycles. The first-order chi connectivity index (χ1) is 8.19. The summed E-state index contributed by atoms with van der Waals surface area (Å²) in [6.07, 6.45) is -0.197.